The molecule has 22 heavy (non-hydrogen) atoms. The normalized spacial score (nSPS) is 10.4. The van der Waals surface area contributed by atoms with Gasteiger partial charge in [0.25, 0.3) is 5.91 Å². The van der Waals surface area contributed by atoms with Gasteiger partial charge in [-0.2, -0.15) is 0 Å². The molecule has 0 aliphatic rings. The van der Waals surface area contributed by atoms with Crippen LogP contribution in [0.1, 0.15) is 27.4 Å². The van der Waals surface area contributed by atoms with Crippen LogP contribution in [0.25, 0.3) is 0 Å². The Labute approximate surface area is 130 Å². The Morgan fingerprint density at radius 3 is 2.64 bits per heavy atom. The maximum absolute atomic E-state index is 12.1. The topological polar surface area (TPSA) is 67.6 Å². The van der Waals surface area contributed by atoms with Gasteiger partial charge in [-0.1, -0.05) is 5.16 Å². The van der Waals surface area contributed by atoms with Gasteiger partial charge >= 0.3 is 0 Å². The number of methoxy groups -OCH3 is 1. The summed E-state index contributed by atoms with van der Waals surface area (Å²) in [5.74, 6) is 1.41. The summed E-state index contributed by atoms with van der Waals surface area (Å²) in [5, 5.41) is 7.22. The van der Waals surface area contributed by atoms with Gasteiger partial charge in [-0.05, 0) is 32.0 Å². The number of benzene rings is 1. The molecule has 0 spiro atoms. The molecule has 1 aromatic carbocycles. The van der Waals surface area contributed by atoms with Gasteiger partial charge in [0.05, 0.1) is 18.5 Å². The Morgan fingerprint density at radius 1 is 1.36 bits per heavy atom. The van der Waals surface area contributed by atoms with E-state index in [1.165, 1.54) is 0 Å². The molecule has 0 unspecified atom stereocenters. The van der Waals surface area contributed by atoms with Crippen molar-refractivity contribution in [2.75, 3.05) is 26.5 Å². The molecule has 0 radical (unpaired) electrons. The zero-order chi connectivity index (χ0) is 16.3. The third-order valence-corrected chi connectivity index (χ3v) is 3.49. The third-order valence-electron chi connectivity index (χ3n) is 3.49. The molecular formula is C16H21N3O3. The van der Waals surface area contributed by atoms with Gasteiger partial charge in [0.2, 0.25) is 0 Å². The van der Waals surface area contributed by atoms with Gasteiger partial charge in [0, 0.05) is 31.8 Å². The molecule has 6 nitrogen and oxygen atoms in total. The maximum atomic E-state index is 12.1. The van der Waals surface area contributed by atoms with E-state index in [9.17, 15) is 4.79 Å². The number of rotatable bonds is 5. The minimum absolute atomic E-state index is 0.0527. The molecule has 0 bridgehead atoms. The van der Waals surface area contributed by atoms with Crippen LogP contribution in [0, 0.1) is 13.8 Å². The van der Waals surface area contributed by atoms with Gasteiger partial charge in [-0.3, -0.25) is 4.79 Å². The van der Waals surface area contributed by atoms with E-state index in [1.807, 2.05) is 13.8 Å². The second kappa shape index (κ2) is 6.51. The number of amides is 1. The molecule has 0 atom stereocenters. The van der Waals surface area contributed by atoms with Crippen LogP contribution in [0.2, 0.25) is 0 Å². The van der Waals surface area contributed by atoms with E-state index >= 15 is 0 Å². The van der Waals surface area contributed by atoms with Gasteiger partial charge in [-0.25, -0.2) is 0 Å². The highest BCUT2D eigenvalue weighted by molar-refractivity contribution is 5.95. The van der Waals surface area contributed by atoms with Gasteiger partial charge < -0.3 is 19.5 Å². The average Bonchev–Trinajstić information content (AvgIpc) is 2.82. The molecule has 6 heteroatoms. The van der Waals surface area contributed by atoms with Crippen molar-refractivity contribution in [1.82, 2.24) is 10.1 Å². The molecule has 1 heterocycles. The highest BCUT2D eigenvalue weighted by Gasteiger charge is 2.13. The summed E-state index contributed by atoms with van der Waals surface area (Å²) in [6.45, 7) is 4.33. The Morgan fingerprint density at radius 2 is 2.09 bits per heavy atom. The summed E-state index contributed by atoms with van der Waals surface area (Å²) < 4.78 is 10.5. The number of nitrogens with one attached hydrogen (secondary N) is 1. The molecule has 0 saturated carbocycles. The summed E-state index contributed by atoms with van der Waals surface area (Å²) in [4.78, 5) is 13.6. The number of carbonyl (C=O) groups is 1. The zero-order valence-corrected chi connectivity index (χ0v) is 13.6. The SMILES string of the molecule is COc1ccc(C(=O)N(C)C)cc1NCc1c(C)noc1C. The van der Waals surface area contributed by atoms with Crippen molar-refractivity contribution in [3.63, 3.8) is 0 Å². The van der Waals surface area contributed by atoms with Crippen molar-refractivity contribution in [1.29, 1.82) is 0 Å². The average molecular weight is 303 g/mol. The lowest BCUT2D eigenvalue weighted by Crippen LogP contribution is -2.21. The van der Waals surface area contributed by atoms with Crippen LogP contribution in [0.5, 0.6) is 5.75 Å². The lowest BCUT2D eigenvalue weighted by Gasteiger charge is -2.15. The second-order valence-electron chi connectivity index (χ2n) is 5.27. The van der Waals surface area contributed by atoms with Crippen molar-refractivity contribution in [3.8, 4) is 5.75 Å². The summed E-state index contributed by atoms with van der Waals surface area (Å²) in [5.41, 5.74) is 3.22. The van der Waals surface area contributed by atoms with Gasteiger partial charge in [0.1, 0.15) is 11.5 Å². The highest BCUT2D eigenvalue weighted by Crippen LogP contribution is 2.27. The standard InChI is InChI=1S/C16H21N3O3/c1-10-13(11(2)22-18-10)9-17-14-8-12(16(20)19(3)4)6-7-15(14)21-5/h6-8,17H,9H2,1-5H3. The molecule has 1 amide bonds. The fourth-order valence-corrected chi connectivity index (χ4v) is 2.18. The van der Waals surface area contributed by atoms with Crippen LogP contribution in [0.15, 0.2) is 22.7 Å². The van der Waals surface area contributed by atoms with E-state index in [0.717, 1.165) is 22.7 Å². The molecule has 118 valence electrons. The molecule has 2 rings (SSSR count). The summed E-state index contributed by atoms with van der Waals surface area (Å²) >= 11 is 0. The van der Waals surface area contributed by atoms with Crippen LogP contribution < -0.4 is 10.1 Å². The number of hydrogen-bond donors (Lipinski definition) is 1. The lowest BCUT2D eigenvalue weighted by molar-refractivity contribution is 0.0827. The fraction of sp³-hybridized carbons (Fsp3) is 0.375. The molecule has 2 aromatic rings. The Kier molecular flexibility index (Phi) is 4.70. The third kappa shape index (κ3) is 3.21. The fourth-order valence-electron chi connectivity index (χ4n) is 2.18. The van der Waals surface area contributed by atoms with E-state index in [4.69, 9.17) is 9.26 Å². The first kappa shape index (κ1) is 15.9. The Hall–Kier alpha value is -2.50. The van der Waals surface area contributed by atoms with E-state index < -0.39 is 0 Å². The number of aryl methyl sites for hydroxylation is 2. The minimum atomic E-state index is -0.0527. The lowest BCUT2D eigenvalue weighted by atomic mass is 10.1. The zero-order valence-electron chi connectivity index (χ0n) is 13.6. The maximum Gasteiger partial charge on any atom is 0.253 e. The molecular weight excluding hydrogens is 282 g/mol. The first-order chi connectivity index (χ1) is 10.4. The van der Waals surface area contributed by atoms with Crippen molar-refractivity contribution in [2.24, 2.45) is 0 Å². The van der Waals surface area contributed by atoms with Crippen molar-refractivity contribution in [2.45, 2.75) is 20.4 Å². The van der Waals surface area contributed by atoms with Crippen LogP contribution in [-0.2, 0) is 6.54 Å². The predicted octanol–water partition coefficient (Wildman–Crippen LogP) is 2.61. The number of hydrogen-bond acceptors (Lipinski definition) is 5. The number of nitrogens with zero attached hydrogens (tertiary/aromatic N) is 2. The Bertz CT molecular complexity index is 658. The molecule has 0 fully saturated rings. The summed E-state index contributed by atoms with van der Waals surface area (Å²) in [6, 6.07) is 5.33. The van der Waals surface area contributed by atoms with Crippen molar-refractivity contribution in [3.05, 3.63) is 40.8 Å². The highest BCUT2D eigenvalue weighted by atomic mass is 16.5. The predicted molar refractivity (Wildman–Crippen MR) is 84.3 cm³/mol. The largest absolute Gasteiger partial charge is 0.495 e. The summed E-state index contributed by atoms with van der Waals surface area (Å²) in [7, 11) is 5.05. The number of anilines is 1. The van der Waals surface area contributed by atoms with E-state index in [1.54, 1.807) is 44.3 Å². The first-order valence-corrected chi connectivity index (χ1v) is 6.99. The van der Waals surface area contributed by atoms with Crippen LogP contribution in [0.3, 0.4) is 0 Å². The number of aromatic nitrogens is 1. The monoisotopic (exact) mass is 303 g/mol. The van der Waals surface area contributed by atoms with Crippen LogP contribution in [-0.4, -0.2) is 37.2 Å². The quantitative estimate of drug-likeness (QED) is 0.919. The molecule has 0 saturated heterocycles. The molecule has 0 aliphatic carbocycles. The van der Waals surface area contributed by atoms with E-state index in [0.29, 0.717) is 17.9 Å². The first-order valence-electron chi connectivity index (χ1n) is 6.99. The van der Waals surface area contributed by atoms with E-state index in [-0.39, 0.29) is 5.91 Å². The Balaban J connectivity index is 2.25. The molecule has 1 aromatic heterocycles. The van der Waals surface area contributed by atoms with Crippen molar-refractivity contribution < 1.29 is 14.1 Å². The molecule has 1 N–H and O–H groups in total. The molecule has 0 aliphatic heterocycles. The number of carbonyl (C=O) groups excluding carboxylic acids is 1. The van der Waals surface area contributed by atoms with Gasteiger partial charge in [0.15, 0.2) is 0 Å². The second-order valence-corrected chi connectivity index (χ2v) is 5.27. The van der Waals surface area contributed by atoms with Crippen LogP contribution in [0.4, 0.5) is 5.69 Å². The summed E-state index contributed by atoms with van der Waals surface area (Å²) in [6.07, 6.45) is 0. The smallest absolute Gasteiger partial charge is 0.253 e. The van der Waals surface area contributed by atoms with Crippen molar-refractivity contribution >= 4 is 11.6 Å². The number of ether oxygens (including phenoxy) is 1. The van der Waals surface area contributed by atoms with Gasteiger partial charge in [-0.15, -0.1) is 0 Å². The van der Waals surface area contributed by atoms with E-state index in [2.05, 4.69) is 10.5 Å². The minimum Gasteiger partial charge on any atom is -0.495 e. The van der Waals surface area contributed by atoms with Crippen LogP contribution >= 0.6 is 0 Å².